The van der Waals surface area contributed by atoms with Gasteiger partial charge >= 0.3 is 0 Å². The van der Waals surface area contributed by atoms with Gasteiger partial charge < -0.3 is 4.74 Å². The lowest BCUT2D eigenvalue weighted by atomic mass is 10.5. The van der Waals surface area contributed by atoms with Crippen molar-refractivity contribution < 1.29 is 4.74 Å². The minimum Gasteiger partial charge on any atom is -0.480 e. The van der Waals surface area contributed by atoms with Crippen molar-refractivity contribution in [2.24, 2.45) is 0 Å². The Morgan fingerprint density at radius 1 is 1.50 bits per heavy atom. The smallest absolute Gasteiger partial charge is 0.232 e. The molecule has 12 heavy (non-hydrogen) atoms. The summed E-state index contributed by atoms with van der Waals surface area (Å²) < 4.78 is 4.85. The van der Waals surface area contributed by atoms with Crippen LogP contribution < -0.4 is 4.74 Å². The molecule has 0 unspecified atom stereocenters. The molecular weight excluding hydrogens is 287 g/mol. The number of methoxy groups -OCH3 is 1. The predicted molar refractivity (Wildman–Crippen MR) is 57.1 cm³/mol. The largest absolute Gasteiger partial charge is 0.480 e. The predicted octanol–water partition coefficient (Wildman–Crippen LogP) is 1.88. The summed E-state index contributed by atoms with van der Waals surface area (Å²) in [6.45, 7) is 0. The normalized spacial score (nSPS) is 8.50. The van der Waals surface area contributed by atoms with E-state index in [-0.39, 0.29) is 0 Å². The molecule has 0 aliphatic carbocycles. The van der Waals surface area contributed by atoms with E-state index >= 15 is 0 Å². The second-order valence-electron chi connectivity index (χ2n) is 1.75. The Morgan fingerprint density at radius 3 is 2.83 bits per heavy atom. The van der Waals surface area contributed by atoms with E-state index in [0.29, 0.717) is 11.6 Å². The maximum atomic E-state index is 4.85. The zero-order valence-electron chi connectivity index (χ0n) is 6.24. The quantitative estimate of drug-likeness (QED) is 0.585. The van der Waals surface area contributed by atoms with Crippen molar-refractivity contribution in [3.05, 3.63) is 18.1 Å². The number of nitrogens with zero attached hydrogens (tertiary/aromatic N) is 2. The third kappa shape index (κ3) is 2.87. The van der Waals surface area contributed by atoms with Gasteiger partial charge in [-0.25, -0.2) is 9.97 Å². The van der Waals surface area contributed by atoms with Crippen molar-refractivity contribution >= 4 is 30.1 Å². The van der Waals surface area contributed by atoms with Crippen molar-refractivity contribution in [3.8, 4) is 17.1 Å². The van der Waals surface area contributed by atoms with E-state index < -0.39 is 0 Å². The molecule has 1 aromatic rings. The molecule has 0 amide bonds. The molecule has 62 valence electrons. The third-order valence-corrected chi connectivity index (χ3v) is 1.89. The van der Waals surface area contributed by atoms with Gasteiger partial charge in [0.25, 0.3) is 0 Å². The highest BCUT2D eigenvalue weighted by molar-refractivity contribution is 14.2. The molecule has 5 heteroatoms. The first-order valence-corrected chi connectivity index (χ1v) is 6.37. The van der Waals surface area contributed by atoms with Crippen LogP contribution >= 0.6 is 30.1 Å². The maximum Gasteiger partial charge on any atom is 0.232 e. The third-order valence-electron chi connectivity index (χ3n) is 1.05. The Morgan fingerprint density at radius 2 is 2.33 bits per heavy atom. The second-order valence-corrected chi connectivity index (χ2v) is 3.43. The fourth-order valence-electron chi connectivity index (χ4n) is 0.558. The van der Waals surface area contributed by atoms with E-state index in [1.54, 1.807) is 19.5 Å². The molecule has 0 fully saturated rings. The molecular formula is C7H5IN2OS. The lowest BCUT2D eigenvalue weighted by Crippen LogP contribution is -1.90. The lowest BCUT2D eigenvalue weighted by molar-refractivity contribution is 0.395. The van der Waals surface area contributed by atoms with Gasteiger partial charge in [-0.2, -0.15) is 0 Å². The number of halogens is 1. The molecule has 0 aromatic carbocycles. The van der Waals surface area contributed by atoms with Gasteiger partial charge in [-0.05, 0) is 20.1 Å². The van der Waals surface area contributed by atoms with Crippen molar-refractivity contribution in [2.45, 2.75) is 0 Å². The SMILES string of the molecule is COc1cnc(C#CSI)cn1. The Balaban J connectivity index is 2.78. The number of hydrogen-bond acceptors (Lipinski definition) is 4. The van der Waals surface area contributed by atoms with Crippen molar-refractivity contribution in [3.63, 3.8) is 0 Å². The first-order valence-electron chi connectivity index (χ1n) is 3.01. The highest BCUT2D eigenvalue weighted by atomic mass is 127. The van der Waals surface area contributed by atoms with Gasteiger partial charge in [-0.3, -0.25) is 0 Å². The molecule has 0 atom stereocenters. The first kappa shape index (κ1) is 9.61. The molecule has 0 saturated heterocycles. The summed E-state index contributed by atoms with van der Waals surface area (Å²) in [5.74, 6) is 3.32. The van der Waals surface area contributed by atoms with Crippen LogP contribution in [0.2, 0.25) is 0 Å². The van der Waals surface area contributed by atoms with Gasteiger partial charge in [0.15, 0.2) is 0 Å². The molecule has 1 heterocycles. The van der Waals surface area contributed by atoms with E-state index in [0.717, 1.165) is 0 Å². The van der Waals surface area contributed by atoms with Crippen LogP contribution in [0, 0.1) is 11.2 Å². The number of aromatic nitrogens is 2. The number of rotatable bonds is 1. The highest BCUT2D eigenvalue weighted by Gasteiger charge is 1.91. The molecule has 0 N–H and O–H groups in total. The highest BCUT2D eigenvalue weighted by Crippen LogP contribution is 2.07. The lowest BCUT2D eigenvalue weighted by Gasteiger charge is -1.94. The van der Waals surface area contributed by atoms with Crippen LogP contribution in [-0.4, -0.2) is 17.1 Å². The molecule has 0 bridgehead atoms. The first-order chi connectivity index (χ1) is 5.86. The van der Waals surface area contributed by atoms with Gasteiger partial charge in [0, 0.05) is 21.2 Å². The summed E-state index contributed by atoms with van der Waals surface area (Å²) >= 11 is 2.10. The topological polar surface area (TPSA) is 35.0 Å². The van der Waals surface area contributed by atoms with Crippen LogP contribution in [0.15, 0.2) is 12.4 Å². The van der Waals surface area contributed by atoms with E-state index in [1.807, 2.05) is 0 Å². The van der Waals surface area contributed by atoms with Gasteiger partial charge in [0.1, 0.15) is 5.69 Å². The van der Waals surface area contributed by atoms with Crippen molar-refractivity contribution in [1.29, 1.82) is 0 Å². The van der Waals surface area contributed by atoms with E-state index in [1.165, 1.54) is 8.93 Å². The second kappa shape index (κ2) is 5.22. The van der Waals surface area contributed by atoms with E-state index in [9.17, 15) is 0 Å². The molecule has 0 saturated carbocycles. The number of hydrogen-bond donors (Lipinski definition) is 0. The van der Waals surface area contributed by atoms with Crippen LogP contribution in [0.3, 0.4) is 0 Å². The molecule has 0 aliphatic rings. The molecule has 1 aromatic heterocycles. The molecule has 0 radical (unpaired) electrons. The fourth-order valence-corrected chi connectivity index (χ4v) is 1.03. The zero-order valence-corrected chi connectivity index (χ0v) is 9.22. The Labute approximate surface area is 86.9 Å². The van der Waals surface area contributed by atoms with Crippen molar-refractivity contribution in [1.82, 2.24) is 9.97 Å². The van der Waals surface area contributed by atoms with Crippen LogP contribution in [0.1, 0.15) is 5.69 Å². The summed E-state index contributed by atoms with van der Waals surface area (Å²) in [6, 6.07) is 0. The van der Waals surface area contributed by atoms with Gasteiger partial charge in [-0.1, -0.05) is 0 Å². The van der Waals surface area contributed by atoms with E-state index in [4.69, 9.17) is 4.74 Å². The van der Waals surface area contributed by atoms with Crippen molar-refractivity contribution in [2.75, 3.05) is 7.11 Å². The van der Waals surface area contributed by atoms with Crippen LogP contribution in [0.5, 0.6) is 5.88 Å². The van der Waals surface area contributed by atoms with E-state index in [2.05, 4.69) is 42.3 Å². The monoisotopic (exact) mass is 292 g/mol. The maximum absolute atomic E-state index is 4.85. The summed E-state index contributed by atoms with van der Waals surface area (Å²) in [7, 11) is 2.97. The van der Waals surface area contributed by atoms with Gasteiger partial charge in [0.05, 0.1) is 19.5 Å². The summed E-state index contributed by atoms with van der Waals surface area (Å²) in [6.07, 6.45) is 3.13. The minimum absolute atomic E-state index is 0.502. The summed E-state index contributed by atoms with van der Waals surface area (Å²) in [5, 5.41) is 2.81. The summed E-state index contributed by atoms with van der Waals surface area (Å²) in [4.78, 5) is 7.96. The minimum atomic E-state index is 0.502. The standard InChI is InChI=1S/C7H5IN2OS/c1-11-7-5-9-6(4-10-7)2-3-12-8/h4-5H,1H3. The van der Waals surface area contributed by atoms with Gasteiger partial charge in [-0.15, -0.1) is 0 Å². The Hall–Kier alpha value is -0.480. The Bertz CT molecular complexity index is 303. The molecule has 3 nitrogen and oxygen atoms in total. The number of ether oxygens (including phenoxy) is 1. The molecule has 0 aliphatic heterocycles. The zero-order chi connectivity index (χ0) is 8.81. The summed E-state index contributed by atoms with van der Waals surface area (Å²) in [5.41, 5.74) is 0.653. The average Bonchev–Trinajstić information content (AvgIpc) is 2.15. The fraction of sp³-hybridized carbons (Fsp3) is 0.143. The molecule has 0 spiro atoms. The Kier molecular flexibility index (Phi) is 4.18. The van der Waals surface area contributed by atoms with Crippen LogP contribution in [0.25, 0.3) is 0 Å². The average molecular weight is 292 g/mol. The van der Waals surface area contributed by atoms with Crippen LogP contribution in [0.4, 0.5) is 0 Å². The molecule has 1 rings (SSSR count). The van der Waals surface area contributed by atoms with Crippen LogP contribution in [-0.2, 0) is 0 Å². The van der Waals surface area contributed by atoms with Gasteiger partial charge in [0.2, 0.25) is 5.88 Å².